The number of hydrogen-bond acceptors (Lipinski definition) is 8. The lowest BCUT2D eigenvalue weighted by molar-refractivity contribution is 0.174. The molecule has 1 aliphatic heterocycles. The Kier molecular flexibility index (Phi) is 6.65. The maximum atomic E-state index is 5.88. The molecular formula is C23H19BrN4O3S2. The zero-order valence-electron chi connectivity index (χ0n) is 17.4. The van der Waals surface area contributed by atoms with Crippen molar-refractivity contribution in [2.75, 3.05) is 6.79 Å². The highest BCUT2D eigenvalue weighted by Crippen LogP contribution is 2.37. The molecule has 4 aromatic rings. The quantitative estimate of drug-likeness (QED) is 0.191. The second-order valence-electron chi connectivity index (χ2n) is 7.04. The summed E-state index contributed by atoms with van der Waals surface area (Å²) in [6, 6.07) is 13.6. The van der Waals surface area contributed by atoms with Gasteiger partial charge in [-0.25, -0.2) is 4.98 Å². The molecule has 0 radical (unpaired) electrons. The Balaban J connectivity index is 1.25. The van der Waals surface area contributed by atoms with Gasteiger partial charge in [0.15, 0.2) is 22.5 Å². The van der Waals surface area contributed by atoms with Crippen LogP contribution in [0, 0.1) is 0 Å². The predicted molar refractivity (Wildman–Crippen MR) is 132 cm³/mol. The number of aromatic nitrogens is 4. The summed E-state index contributed by atoms with van der Waals surface area (Å²) in [5, 5.41) is 12.5. The Hall–Kier alpha value is -2.82. The van der Waals surface area contributed by atoms with E-state index < -0.39 is 0 Å². The molecule has 2 aromatic carbocycles. The zero-order valence-corrected chi connectivity index (χ0v) is 20.7. The number of nitrogens with zero attached hydrogens (tertiary/aromatic N) is 4. The Morgan fingerprint density at radius 3 is 2.85 bits per heavy atom. The number of thioether (sulfide) groups is 1. The van der Waals surface area contributed by atoms with E-state index in [0.717, 1.165) is 49.0 Å². The highest BCUT2D eigenvalue weighted by atomic mass is 79.9. The first-order chi connectivity index (χ1) is 16.2. The summed E-state index contributed by atoms with van der Waals surface area (Å²) in [6.45, 7) is 5.06. The number of fused-ring (bicyclic) bond motifs is 1. The fourth-order valence-corrected chi connectivity index (χ4v) is 5.24. The molecule has 168 valence electrons. The molecule has 0 aliphatic carbocycles. The lowest BCUT2D eigenvalue weighted by Crippen LogP contribution is -2.07. The van der Waals surface area contributed by atoms with Crippen molar-refractivity contribution in [3.05, 3.63) is 76.5 Å². The molecular weight excluding hydrogens is 524 g/mol. The van der Waals surface area contributed by atoms with Crippen molar-refractivity contribution in [1.29, 1.82) is 0 Å². The zero-order chi connectivity index (χ0) is 22.6. The van der Waals surface area contributed by atoms with Crippen LogP contribution < -0.4 is 14.2 Å². The van der Waals surface area contributed by atoms with Crippen LogP contribution >= 0.6 is 39.0 Å². The van der Waals surface area contributed by atoms with Gasteiger partial charge in [-0.05, 0) is 42.5 Å². The van der Waals surface area contributed by atoms with Crippen LogP contribution in [0.2, 0.25) is 0 Å². The molecule has 0 saturated carbocycles. The Labute approximate surface area is 207 Å². The second-order valence-corrected chi connectivity index (χ2v) is 9.76. The molecule has 1 aliphatic rings. The van der Waals surface area contributed by atoms with E-state index in [4.69, 9.17) is 19.2 Å². The van der Waals surface area contributed by atoms with Crippen LogP contribution in [0.5, 0.6) is 17.2 Å². The van der Waals surface area contributed by atoms with Gasteiger partial charge in [0.1, 0.15) is 17.4 Å². The molecule has 33 heavy (non-hydrogen) atoms. The van der Waals surface area contributed by atoms with E-state index in [1.165, 1.54) is 0 Å². The lowest BCUT2D eigenvalue weighted by Gasteiger charge is -2.09. The van der Waals surface area contributed by atoms with E-state index in [2.05, 4.69) is 38.1 Å². The highest BCUT2D eigenvalue weighted by Gasteiger charge is 2.16. The Morgan fingerprint density at radius 1 is 1.15 bits per heavy atom. The van der Waals surface area contributed by atoms with Crippen LogP contribution in [0.15, 0.2) is 70.1 Å². The van der Waals surface area contributed by atoms with Crippen molar-refractivity contribution in [3.8, 4) is 27.8 Å². The van der Waals surface area contributed by atoms with E-state index in [-0.39, 0.29) is 6.79 Å². The monoisotopic (exact) mass is 542 g/mol. The molecule has 0 unspecified atom stereocenters. The second kappa shape index (κ2) is 9.98. The first-order valence-electron chi connectivity index (χ1n) is 10.1. The summed E-state index contributed by atoms with van der Waals surface area (Å²) in [4.78, 5) is 4.78. The molecule has 0 saturated heterocycles. The number of rotatable bonds is 9. The third-order valence-corrected chi connectivity index (χ3v) is 7.28. The minimum absolute atomic E-state index is 0.264. The molecule has 0 spiro atoms. The van der Waals surface area contributed by atoms with Crippen molar-refractivity contribution in [1.82, 2.24) is 19.7 Å². The van der Waals surface area contributed by atoms with E-state index >= 15 is 0 Å². The van der Waals surface area contributed by atoms with Crippen LogP contribution in [0.1, 0.15) is 11.5 Å². The molecule has 0 bridgehead atoms. The van der Waals surface area contributed by atoms with Crippen molar-refractivity contribution in [2.24, 2.45) is 0 Å². The van der Waals surface area contributed by atoms with Gasteiger partial charge in [0, 0.05) is 27.7 Å². The van der Waals surface area contributed by atoms with Crippen molar-refractivity contribution in [2.45, 2.75) is 24.1 Å². The molecule has 10 heteroatoms. The molecule has 0 fully saturated rings. The van der Waals surface area contributed by atoms with Gasteiger partial charge < -0.3 is 14.2 Å². The number of thiazole rings is 1. The average Bonchev–Trinajstić information content (AvgIpc) is 3.57. The third-order valence-electron chi connectivity index (χ3n) is 4.81. The summed E-state index contributed by atoms with van der Waals surface area (Å²) < 4.78 is 19.8. The van der Waals surface area contributed by atoms with E-state index in [9.17, 15) is 0 Å². The van der Waals surface area contributed by atoms with Crippen molar-refractivity contribution >= 4 is 39.0 Å². The van der Waals surface area contributed by atoms with Crippen LogP contribution in [0.3, 0.4) is 0 Å². The summed E-state index contributed by atoms with van der Waals surface area (Å²) in [5.74, 6) is 3.74. The molecule has 3 heterocycles. The van der Waals surface area contributed by atoms with Gasteiger partial charge >= 0.3 is 0 Å². The molecule has 7 nitrogen and oxygen atoms in total. The van der Waals surface area contributed by atoms with Crippen LogP contribution in [-0.2, 0) is 18.9 Å². The number of ether oxygens (including phenoxy) is 3. The average molecular weight is 543 g/mol. The van der Waals surface area contributed by atoms with Gasteiger partial charge in [-0.3, -0.25) is 4.57 Å². The van der Waals surface area contributed by atoms with Gasteiger partial charge in [0.05, 0.1) is 5.69 Å². The maximum Gasteiger partial charge on any atom is 0.231 e. The maximum absolute atomic E-state index is 5.88. The molecule has 5 rings (SSSR count). The predicted octanol–water partition coefficient (Wildman–Crippen LogP) is 5.95. The topological polar surface area (TPSA) is 71.3 Å². The van der Waals surface area contributed by atoms with Gasteiger partial charge in [-0.2, -0.15) is 0 Å². The summed E-state index contributed by atoms with van der Waals surface area (Å²) >= 11 is 6.63. The third kappa shape index (κ3) is 5.07. The smallest absolute Gasteiger partial charge is 0.231 e. The lowest BCUT2D eigenvalue weighted by atomic mass is 10.2. The minimum atomic E-state index is 0.264. The first kappa shape index (κ1) is 22.0. The normalized spacial score (nSPS) is 12.2. The molecule has 0 atom stereocenters. The summed E-state index contributed by atoms with van der Waals surface area (Å²) in [6.07, 6.45) is 1.83. The van der Waals surface area contributed by atoms with E-state index in [1.54, 1.807) is 23.1 Å². The number of allylic oxidation sites excluding steroid dienone is 1. The largest absolute Gasteiger partial charge is 0.486 e. The minimum Gasteiger partial charge on any atom is -0.486 e. The summed E-state index contributed by atoms with van der Waals surface area (Å²) in [5.41, 5.74) is 2.00. The van der Waals surface area contributed by atoms with Crippen LogP contribution in [-0.4, -0.2) is 26.5 Å². The fraction of sp³-hybridized carbons (Fsp3) is 0.174. The van der Waals surface area contributed by atoms with Gasteiger partial charge in [0.2, 0.25) is 6.79 Å². The van der Waals surface area contributed by atoms with Crippen molar-refractivity contribution in [3.63, 3.8) is 0 Å². The van der Waals surface area contributed by atoms with Crippen molar-refractivity contribution < 1.29 is 14.2 Å². The van der Waals surface area contributed by atoms with E-state index in [1.807, 2.05) is 53.1 Å². The standard InChI is InChI=1S/C23H19BrN4O3S2/c1-2-9-28-21(11-29-18-6-4-16(24)5-7-18)26-27-23(28)33-13-17-12-32-22(25-17)15-3-8-19-20(10-15)31-14-30-19/h2-8,10,12H,1,9,11,13-14H2. The SMILES string of the molecule is C=CCn1c(COc2ccc(Br)cc2)nnc1SCc1csc(-c2ccc3c(c2)OCO3)n1. The van der Waals surface area contributed by atoms with Gasteiger partial charge in [0.25, 0.3) is 0 Å². The van der Waals surface area contributed by atoms with Crippen LogP contribution in [0.25, 0.3) is 10.6 Å². The van der Waals surface area contributed by atoms with Gasteiger partial charge in [-0.1, -0.05) is 33.8 Å². The molecule has 2 aromatic heterocycles. The number of halogens is 1. The Bertz CT molecular complexity index is 1270. The molecule has 0 N–H and O–H groups in total. The summed E-state index contributed by atoms with van der Waals surface area (Å²) in [7, 11) is 0. The number of hydrogen-bond donors (Lipinski definition) is 0. The Morgan fingerprint density at radius 2 is 2.00 bits per heavy atom. The van der Waals surface area contributed by atoms with Gasteiger partial charge in [-0.15, -0.1) is 28.1 Å². The van der Waals surface area contributed by atoms with E-state index in [0.29, 0.717) is 18.9 Å². The molecule has 0 amide bonds. The first-order valence-corrected chi connectivity index (χ1v) is 12.7. The van der Waals surface area contributed by atoms with Crippen LogP contribution in [0.4, 0.5) is 0 Å². The highest BCUT2D eigenvalue weighted by molar-refractivity contribution is 9.10. The number of benzene rings is 2. The fourth-order valence-electron chi connectivity index (χ4n) is 3.20.